The number of ether oxygens (including phenoxy) is 1. The van der Waals surface area contributed by atoms with E-state index >= 15 is 0 Å². The third kappa shape index (κ3) is 2.67. The number of hydrogen-bond acceptors (Lipinski definition) is 3. The monoisotopic (exact) mass is 242 g/mol. The molecular weight excluding hydrogens is 224 g/mol. The molecular formula is C12H19ClN2O. The van der Waals surface area contributed by atoms with Gasteiger partial charge in [0.25, 0.3) is 0 Å². The largest absolute Gasteiger partial charge is 0.495 e. The maximum Gasteiger partial charge on any atom is 0.137 e. The summed E-state index contributed by atoms with van der Waals surface area (Å²) in [4.78, 5) is 0. The molecule has 0 aliphatic heterocycles. The van der Waals surface area contributed by atoms with Gasteiger partial charge in [-0.15, -0.1) is 0 Å². The summed E-state index contributed by atoms with van der Waals surface area (Å²) in [6.07, 6.45) is 0. The van der Waals surface area contributed by atoms with Crippen molar-refractivity contribution in [1.82, 2.24) is 0 Å². The highest BCUT2D eigenvalue weighted by atomic mass is 35.5. The molecule has 0 aromatic heterocycles. The van der Waals surface area contributed by atoms with Gasteiger partial charge in [-0.3, -0.25) is 0 Å². The second kappa shape index (κ2) is 4.62. The molecule has 0 heterocycles. The molecule has 1 atom stereocenters. The summed E-state index contributed by atoms with van der Waals surface area (Å²) >= 11 is 6.07. The van der Waals surface area contributed by atoms with Crippen LogP contribution in [0.5, 0.6) is 5.75 Å². The Labute approximate surface area is 102 Å². The lowest BCUT2D eigenvalue weighted by molar-refractivity contribution is 0.408. The van der Waals surface area contributed by atoms with Crippen molar-refractivity contribution < 1.29 is 4.74 Å². The van der Waals surface area contributed by atoms with Gasteiger partial charge in [0.15, 0.2) is 0 Å². The van der Waals surface area contributed by atoms with Crippen LogP contribution in [0.2, 0.25) is 5.02 Å². The van der Waals surface area contributed by atoms with Crippen LogP contribution in [-0.2, 0) is 0 Å². The van der Waals surface area contributed by atoms with Crippen molar-refractivity contribution in [1.29, 1.82) is 0 Å². The van der Waals surface area contributed by atoms with E-state index in [1.165, 1.54) is 0 Å². The van der Waals surface area contributed by atoms with Gasteiger partial charge in [-0.05, 0) is 44.0 Å². The average Bonchev–Trinajstić information content (AvgIpc) is 2.18. The van der Waals surface area contributed by atoms with E-state index in [1.54, 1.807) is 7.11 Å². The summed E-state index contributed by atoms with van der Waals surface area (Å²) in [5.74, 6) is 0.657. The molecule has 0 spiro atoms. The maximum atomic E-state index is 6.11. The van der Waals surface area contributed by atoms with Crippen molar-refractivity contribution >= 4 is 11.6 Å². The first-order valence-electron chi connectivity index (χ1n) is 5.16. The van der Waals surface area contributed by atoms with E-state index in [4.69, 9.17) is 27.8 Å². The van der Waals surface area contributed by atoms with Gasteiger partial charge in [-0.1, -0.05) is 11.6 Å². The van der Waals surface area contributed by atoms with Crippen molar-refractivity contribution in [3.8, 4) is 5.75 Å². The zero-order valence-electron chi connectivity index (χ0n) is 10.2. The molecule has 4 N–H and O–H groups in total. The summed E-state index contributed by atoms with van der Waals surface area (Å²) in [6, 6.07) is 3.45. The molecule has 0 bridgehead atoms. The summed E-state index contributed by atoms with van der Waals surface area (Å²) in [6.45, 7) is 5.77. The lowest BCUT2D eigenvalue weighted by atomic mass is 9.88. The van der Waals surface area contributed by atoms with Crippen LogP contribution < -0.4 is 16.2 Å². The predicted molar refractivity (Wildman–Crippen MR) is 67.9 cm³/mol. The summed E-state index contributed by atoms with van der Waals surface area (Å²) in [7, 11) is 1.59. The predicted octanol–water partition coefficient (Wildman–Crippen LogP) is 2.39. The highest BCUT2D eigenvalue weighted by Crippen LogP contribution is 2.32. The molecule has 16 heavy (non-hydrogen) atoms. The lowest BCUT2D eigenvalue weighted by Gasteiger charge is -2.29. The summed E-state index contributed by atoms with van der Waals surface area (Å²) < 4.78 is 5.14. The third-order valence-electron chi connectivity index (χ3n) is 2.68. The normalized spacial score (nSPS) is 13.7. The Morgan fingerprint density at radius 2 is 1.94 bits per heavy atom. The minimum absolute atomic E-state index is 0.254. The molecule has 1 aromatic carbocycles. The van der Waals surface area contributed by atoms with Crippen molar-refractivity contribution in [2.24, 2.45) is 11.5 Å². The van der Waals surface area contributed by atoms with Crippen LogP contribution in [0, 0.1) is 6.92 Å². The molecule has 0 amide bonds. The van der Waals surface area contributed by atoms with Crippen molar-refractivity contribution in [2.45, 2.75) is 32.4 Å². The fourth-order valence-corrected chi connectivity index (χ4v) is 1.81. The second-order valence-corrected chi connectivity index (χ2v) is 5.05. The molecule has 90 valence electrons. The highest BCUT2D eigenvalue weighted by molar-refractivity contribution is 6.32. The Kier molecular flexibility index (Phi) is 3.84. The van der Waals surface area contributed by atoms with Crippen LogP contribution in [0.15, 0.2) is 12.1 Å². The number of aryl methyl sites for hydroxylation is 1. The van der Waals surface area contributed by atoms with E-state index < -0.39 is 5.54 Å². The number of methoxy groups -OCH3 is 1. The minimum Gasteiger partial charge on any atom is -0.495 e. The zero-order chi connectivity index (χ0) is 12.5. The fourth-order valence-electron chi connectivity index (χ4n) is 1.56. The van der Waals surface area contributed by atoms with Gasteiger partial charge >= 0.3 is 0 Å². The molecule has 1 unspecified atom stereocenters. The van der Waals surface area contributed by atoms with Gasteiger partial charge in [0.1, 0.15) is 5.75 Å². The molecule has 0 fully saturated rings. The van der Waals surface area contributed by atoms with Crippen molar-refractivity contribution in [3.63, 3.8) is 0 Å². The SMILES string of the molecule is COc1cc(C)c(C(N)C(C)(C)N)cc1Cl. The fraction of sp³-hybridized carbons (Fsp3) is 0.500. The number of rotatable bonds is 3. The van der Waals surface area contributed by atoms with Gasteiger partial charge in [0.2, 0.25) is 0 Å². The van der Waals surface area contributed by atoms with Gasteiger partial charge < -0.3 is 16.2 Å². The molecule has 1 rings (SSSR count). The zero-order valence-corrected chi connectivity index (χ0v) is 10.9. The Morgan fingerprint density at radius 1 is 1.38 bits per heavy atom. The van der Waals surface area contributed by atoms with E-state index in [0.29, 0.717) is 10.8 Å². The molecule has 0 saturated heterocycles. The first kappa shape index (κ1) is 13.3. The number of benzene rings is 1. The molecule has 3 nitrogen and oxygen atoms in total. The summed E-state index contributed by atoms with van der Waals surface area (Å²) in [5.41, 5.74) is 13.6. The van der Waals surface area contributed by atoms with Gasteiger partial charge in [-0.2, -0.15) is 0 Å². The van der Waals surface area contributed by atoms with Crippen LogP contribution >= 0.6 is 11.6 Å². The van der Waals surface area contributed by atoms with Crippen LogP contribution in [0.3, 0.4) is 0 Å². The standard InChI is InChI=1S/C12H19ClN2O/c1-7-5-10(16-4)9(13)6-8(7)11(14)12(2,3)15/h5-6,11H,14-15H2,1-4H3. The van der Waals surface area contributed by atoms with Crippen molar-refractivity contribution in [3.05, 3.63) is 28.3 Å². The van der Waals surface area contributed by atoms with Crippen molar-refractivity contribution in [2.75, 3.05) is 7.11 Å². The third-order valence-corrected chi connectivity index (χ3v) is 2.97. The molecule has 0 aliphatic carbocycles. The second-order valence-electron chi connectivity index (χ2n) is 4.64. The molecule has 4 heteroatoms. The Hall–Kier alpha value is -0.770. The van der Waals surface area contributed by atoms with E-state index in [9.17, 15) is 0 Å². The van der Waals surface area contributed by atoms with E-state index in [-0.39, 0.29) is 6.04 Å². The minimum atomic E-state index is -0.483. The molecule has 0 saturated carbocycles. The Morgan fingerprint density at radius 3 is 2.38 bits per heavy atom. The van der Waals surface area contributed by atoms with Crippen LogP contribution in [0.1, 0.15) is 31.0 Å². The topological polar surface area (TPSA) is 61.3 Å². The first-order valence-corrected chi connectivity index (χ1v) is 5.53. The van der Waals surface area contributed by atoms with E-state index in [1.807, 2.05) is 32.9 Å². The Bertz CT molecular complexity index is 385. The molecule has 1 aromatic rings. The number of hydrogen-bond donors (Lipinski definition) is 2. The Balaban J connectivity index is 3.21. The highest BCUT2D eigenvalue weighted by Gasteiger charge is 2.25. The van der Waals surface area contributed by atoms with Gasteiger partial charge in [-0.25, -0.2) is 0 Å². The quantitative estimate of drug-likeness (QED) is 0.856. The maximum absolute atomic E-state index is 6.11. The molecule has 0 aliphatic rings. The van der Waals surface area contributed by atoms with E-state index in [2.05, 4.69) is 0 Å². The van der Waals surface area contributed by atoms with Crippen LogP contribution in [0.25, 0.3) is 0 Å². The number of nitrogens with two attached hydrogens (primary N) is 2. The number of halogens is 1. The first-order chi connectivity index (χ1) is 7.27. The lowest BCUT2D eigenvalue weighted by Crippen LogP contribution is -2.44. The van der Waals surface area contributed by atoms with Gasteiger partial charge in [0.05, 0.1) is 12.1 Å². The van der Waals surface area contributed by atoms with E-state index in [0.717, 1.165) is 11.1 Å². The smallest absolute Gasteiger partial charge is 0.137 e. The summed E-state index contributed by atoms with van der Waals surface area (Å²) in [5, 5.41) is 0.558. The van der Waals surface area contributed by atoms with Crippen LogP contribution in [-0.4, -0.2) is 12.6 Å². The molecule has 0 radical (unpaired) electrons. The van der Waals surface area contributed by atoms with Crippen LogP contribution in [0.4, 0.5) is 0 Å². The average molecular weight is 243 g/mol. The van der Waals surface area contributed by atoms with Gasteiger partial charge in [0, 0.05) is 11.6 Å².